The predicted molar refractivity (Wildman–Crippen MR) is 45.4 cm³/mol. The molecule has 11 heavy (non-hydrogen) atoms. The third-order valence-electron chi connectivity index (χ3n) is 1.17. The van der Waals surface area contributed by atoms with Crippen LogP contribution in [0.15, 0.2) is 30.3 Å². The zero-order chi connectivity index (χ0) is 13.3. The molecule has 58 valence electrons. The minimum absolute atomic E-state index is 0.273. The summed E-state index contributed by atoms with van der Waals surface area (Å²) in [5.74, 6) is -1.53. The molecule has 0 heterocycles. The van der Waals surface area contributed by atoms with Crippen molar-refractivity contribution in [2.75, 3.05) is 0 Å². The zero-order valence-corrected chi connectivity index (χ0v) is 5.87. The van der Waals surface area contributed by atoms with Gasteiger partial charge in [0.1, 0.15) is 5.78 Å². The van der Waals surface area contributed by atoms with Gasteiger partial charge in [0.05, 0.1) is 0 Å². The minimum Gasteiger partial charge on any atom is -0.300 e. The zero-order valence-electron chi connectivity index (χ0n) is 11.9. The van der Waals surface area contributed by atoms with Crippen LogP contribution in [-0.2, 0) is 11.2 Å². The van der Waals surface area contributed by atoms with E-state index in [2.05, 4.69) is 0 Å². The number of aryl methyl sites for hydroxylation is 1. The molecule has 0 aliphatic heterocycles. The number of Topliss-reactive ketones (excluding diaryl/α,β-unsaturated/α-hetero) is 1. The second kappa shape index (κ2) is 3.91. The first kappa shape index (κ1) is 3.10. The highest BCUT2D eigenvalue weighted by molar-refractivity contribution is 5.75. The molecule has 1 aromatic rings. The molecule has 1 nitrogen and oxygen atoms in total. The van der Waals surface area contributed by atoms with E-state index >= 15 is 0 Å². The normalized spacial score (nSPS) is 22.9. The Balaban J connectivity index is 3.03. The minimum atomic E-state index is -3.03. The second-order valence-electron chi connectivity index (χ2n) is 2.03. The van der Waals surface area contributed by atoms with E-state index in [0.717, 1.165) is 0 Å². The lowest BCUT2D eigenvalue weighted by Gasteiger charge is -1.96. The Morgan fingerprint density at radius 3 is 2.91 bits per heavy atom. The summed E-state index contributed by atoms with van der Waals surface area (Å²) in [7, 11) is 0. The van der Waals surface area contributed by atoms with Crippen molar-refractivity contribution >= 4 is 5.78 Å². The Morgan fingerprint density at radius 1 is 1.55 bits per heavy atom. The number of hydrogen-bond acceptors (Lipinski definition) is 1. The molecule has 0 spiro atoms. The van der Waals surface area contributed by atoms with Gasteiger partial charge in [0.2, 0.25) is 0 Å². The summed E-state index contributed by atoms with van der Waals surface area (Å²) < 4.78 is 43.4. The lowest BCUT2D eigenvalue weighted by atomic mass is 10.1. The Bertz CT molecular complexity index is 397. The van der Waals surface area contributed by atoms with E-state index < -0.39 is 25.4 Å². The molecule has 0 saturated carbocycles. The Kier molecular flexibility index (Phi) is 1.10. The standard InChI is InChI=1S/C10H12O/c1-9(11)7-8-10-5-3-2-4-6-10/h2-6H,7-8H2,1H3/i1D3,7D2,8D/t8-/m0/s1. The average Bonchev–Trinajstić information content (AvgIpc) is 2.27. The van der Waals surface area contributed by atoms with E-state index in [1.54, 1.807) is 18.2 Å². The molecule has 0 aromatic heterocycles. The van der Waals surface area contributed by atoms with Gasteiger partial charge in [-0.2, -0.15) is 0 Å². The Labute approximate surface area is 75.5 Å². The van der Waals surface area contributed by atoms with Crippen LogP contribution in [0.4, 0.5) is 0 Å². The van der Waals surface area contributed by atoms with Crippen LogP contribution in [0.1, 0.15) is 27.0 Å². The van der Waals surface area contributed by atoms with Crippen molar-refractivity contribution in [3.63, 3.8) is 0 Å². The maximum Gasteiger partial charge on any atom is 0.130 e. The highest BCUT2D eigenvalue weighted by Crippen LogP contribution is 2.01. The maximum absolute atomic E-state index is 11.4. The van der Waals surface area contributed by atoms with Crippen LogP contribution >= 0.6 is 0 Å². The molecule has 1 rings (SSSR count). The number of benzene rings is 1. The fourth-order valence-corrected chi connectivity index (χ4v) is 0.698. The first-order chi connectivity index (χ1) is 7.67. The van der Waals surface area contributed by atoms with E-state index in [9.17, 15) is 4.79 Å². The third-order valence-corrected chi connectivity index (χ3v) is 1.17. The van der Waals surface area contributed by atoms with Gasteiger partial charge < -0.3 is 4.79 Å². The maximum atomic E-state index is 11.4. The molecule has 0 aliphatic rings. The molecule has 0 bridgehead atoms. The van der Waals surface area contributed by atoms with E-state index in [4.69, 9.17) is 8.22 Å². The molecule has 0 saturated heterocycles. The summed E-state index contributed by atoms with van der Waals surface area (Å²) in [5.41, 5.74) is 0.273. The van der Waals surface area contributed by atoms with Gasteiger partial charge >= 0.3 is 0 Å². The number of hydrogen-bond donors (Lipinski definition) is 0. The van der Waals surface area contributed by atoms with Gasteiger partial charge in [-0.3, -0.25) is 0 Å². The largest absolute Gasteiger partial charge is 0.300 e. The lowest BCUT2D eigenvalue weighted by Crippen LogP contribution is -1.92. The van der Waals surface area contributed by atoms with Crippen LogP contribution in [0.25, 0.3) is 0 Å². The van der Waals surface area contributed by atoms with Gasteiger partial charge in [0, 0.05) is 14.6 Å². The molecule has 0 fully saturated rings. The van der Waals surface area contributed by atoms with Crippen molar-refractivity contribution in [1.82, 2.24) is 0 Å². The van der Waals surface area contributed by atoms with E-state index in [-0.39, 0.29) is 5.56 Å². The Morgan fingerprint density at radius 2 is 2.27 bits per heavy atom. The van der Waals surface area contributed by atoms with Crippen molar-refractivity contribution in [3.8, 4) is 0 Å². The van der Waals surface area contributed by atoms with E-state index in [0.29, 0.717) is 0 Å². The average molecular weight is 154 g/mol. The number of rotatable bonds is 3. The summed E-state index contributed by atoms with van der Waals surface area (Å²) in [6.07, 6.45) is -4.27. The van der Waals surface area contributed by atoms with Crippen LogP contribution in [0.3, 0.4) is 0 Å². The van der Waals surface area contributed by atoms with Crippen LogP contribution in [0, 0.1) is 0 Å². The van der Waals surface area contributed by atoms with E-state index in [1.807, 2.05) is 0 Å². The van der Waals surface area contributed by atoms with Gasteiger partial charge in [-0.15, -0.1) is 0 Å². The van der Waals surface area contributed by atoms with Crippen LogP contribution in [-0.4, -0.2) is 5.78 Å². The molecule has 0 amide bonds. The van der Waals surface area contributed by atoms with Crippen molar-refractivity contribution in [2.24, 2.45) is 0 Å². The summed E-state index contributed by atoms with van der Waals surface area (Å²) in [5, 5.41) is 0. The molecule has 0 unspecified atom stereocenters. The summed E-state index contributed by atoms with van der Waals surface area (Å²) in [6, 6.07) is 7.88. The van der Waals surface area contributed by atoms with Gasteiger partial charge in [0.25, 0.3) is 0 Å². The highest BCUT2D eigenvalue weighted by atomic mass is 16.1. The van der Waals surface area contributed by atoms with Crippen molar-refractivity contribution in [2.45, 2.75) is 19.6 Å². The van der Waals surface area contributed by atoms with Crippen LogP contribution in [0.2, 0.25) is 0 Å². The first-order valence-corrected chi connectivity index (χ1v) is 3.19. The summed E-state index contributed by atoms with van der Waals surface area (Å²) in [4.78, 5) is 11.4. The van der Waals surface area contributed by atoms with Crippen LogP contribution < -0.4 is 0 Å². The molecular formula is C10H12O. The first-order valence-electron chi connectivity index (χ1n) is 6.27. The summed E-state index contributed by atoms with van der Waals surface area (Å²) >= 11 is 0. The molecule has 1 aromatic carbocycles. The molecule has 0 aliphatic carbocycles. The number of carbonyl (C=O) groups is 1. The molecule has 1 atom stereocenters. The third kappa shape index (κ3) is 2.99. The van der Waals surface area contributed by atoms with Crippen molar-refractivity contribution in [1.29, 1.82) is 0 Å². The van der Waals surface area contributed by atoms with Crippen molar-refractivity contribution < 1.29 is 13.0 Å². The fourth-order valence-electron chi connectivity index (χ4n) is 0.698. The monoisotopic (exact) mass is 154 g/mol. The molecule has 1 heteroatoms. The number of carbonyl (C=O) groups excluding carboxylic acids is 1. The fraction of sp³-hybridized carbons (Fsp3) is 0.300. The molecule has 0 N–H and O–H groups in total. The topological polar surface area (TPSA) is 17.1 Å². The van der Waals surface area contributed by atoms with Gasteiger partial charge in [-0.25, -0.2) is 0 Å². The molecule has 0 radical (unpaired) electrons. The quantitative estimate of drug-likeness (QED) is 0.652. The van der Waals surface area contributed by atoms with Gasteiger partial charge in [-0.1, -0.05) is 30.3 Å². The second-order valence-corrected chi connectivity index (χ2v) is 2.03. The SMILES string of the molecule is [2H][C@H](c1ccccc1)C([2H])([2H])C(=O)C([2H])([2H])[2H]. The van der Waals surface area contributed by atoms with Gasteiger partial charge in [-0.05, 0) is 18.8 Å². The highest BCUT2D eigenvalue weighted by Gasteiger charge is 1.94. The summed E-state index contributed by atoms with van der Waals surface area (Å²) in [6.45, 7) is -3.03. The Hall–Kier alpha value is -1.11. The lowest BCUT2D eigenvalue weighted by molar-refractivity contribution is -0.116. The smallest absolute Gasteiger partial charge is 0.130 e. The molecular weight excluding hydrogens is 136 g/mol. The number of ketones is 1. The van der Waals surface area contributed by atoms with Gasteiger partial charge in [0.15, 0.2) is 0 Å². The van der Waals surface area contributed by atoms with Crippen LogP contribution in [0.5, 0.6) is 0 Å². The van der Waals surface area contributed by atoms with E-state index in [1.165, 1.54) is 12.1 Å². The predicted octanol–water partition coefficient (Wildman–Crippen LogP) is 2.21. The van der Waals surface area contributed by atoms with Crippen molar-refractivity contribution in [3.05, 3.63) is 35.9 Å².